The Kier molecular flexibility index (Phi) is 2.90. The van der Waals surface area contributed by atoms with Crippen LogP contribution in [0.5, 0.6) is 0 Å². The van der Waals surface area contributed by atoms with Gasteiger partial charge in [-0.2, -0.15) is 0 Å². The number of nitrogens with zero attached hydrogens (tertiary/aromatic N) is 1. The van der Waals surface area contributed by atoms with Crippen LogP contribution >= 0.6 is 0 Å². The highest BCUT2D eigenvalue weighted by molar-refractivity contribution is 5.88. The lowest BCUT2D eigenvalue weighted by molar-refractivity contribution is 0.155. The highest BCUT2D eigenvalue weighted by Crippen LogP contribution is 2.16. The van der Waals surface area contributed by atoms with E-state index >= 15 is 0 Å². The standard InChI is InChI=1S/C9H13NO/c1-3-5-8-7-11-10-9(8)6-4-2/h3-4,8H,1-2,5-7H2. The van der Waals surface area contributed by atoms with E-state index in [1.165, 1.54) is 0 Å². The maximum atomic E-state index is 4.97. The minimum Gasteiger partial charge on any atom is -0.395 e. The molecule has 2 heteroatoms. The van der Waals surface area contributed by atoms with Crippen molar-refractivity contribution >= 4 is 5.71 Å². The monoisotopic (exact) mass is 151 g/mol. The molecule has 1 heterocycles. The highest BCUT2D eigenvalue weighted by atomic mass is 16.6. The van der Waals surface area contributed by atoms with Crippen molar-refractivity contribution in [1.82, 2.24) is 0 Å². The second-order valence-corrected chi connectivity index (χ2v) is 2.59. The molecule has 11 heavy (non-hydrogen) atoms. The van der Waals surface area contributed by atoms with E-state index in [0.717, 1.165) is 18.6 Å². The minimum absolute atomic E-state index is 0.436. The maximum Gasteiger partial charge on any atom is 0.125 e. The van der Waals surface area contributed by atoms with Crippen LogP contribution < -0.4 is 0 Å². The first kappa shape index (κ1) is 8.05. The van der Waals surface area contributed by atoms with Crippen molar-refractivity contribution in [2.24, 2.45) is 11.1 Å². The zero-order valence-corrected chi connectivity index (χ0v) is 6.62. The van der Waals surface area contributed by atoms with Crippen LogP contribution in [0.1, 0.15) is 12.8 Å². The third kappa shape index (κ3) is 1.93. The lowest BCUT2D eigenvalue weighted by Gasteiger charge is -2.03. The third-order valence-electron chi connectivity index (χ3n) is 1.73. The van der Waals surface area contributed by atoms with Gasteiger partial charge in [-0.15, -0.1) is 13.2 Å². The number of oxime groups is 1. The number of hydrogen-bond donors (Lipinski definition) is 0. The van der Waals surface area contributed by atoms with Crippen LogP contribution in [0.4, 0.5) is 0 Å². The summed E-state index contributed by atoms with van der Waals surface area (Å²) in [6, 6.07) is 0. The molecule has 0 spiro atoms. The van der Waals surface area contributed by atoms with E-state index in [1.807, 2.05) is 12.2 Å². The molecule has 1 aliphatic heterocycles. The Labute approximate surface area is 67.2 Å². The van der Waals surface area contributed by atoms with Gasteiger partial charge in [0.2, 0.25) is 0 Å². The molecule has 0 aliphatic carbocycles. The summed E-state index contributed by atoms with van der Waals surface area (Å²) in [5.74, 6) is 0.436. The van der Waals surface area contributed by atoms with E-state index < -0.39 is 0 Å². The molecule has 1 unspecified atom stereocenters. The molecule has 1 rings (SSSR count). The minimum atomic E-state index is 0.436. The molecule has 2 nitrogen and oxygen atoms in total. The van der Waals surface area contributed by atoms with Crippen LogP contribution in [0, 0.1) is 5.92 Å². The average Bonchev–Trinajstić information content (AvgIpc) is 2.39. The van der Waals surface area contributed by atoms with Crippen molar-refractivity contribution < 1.29 is 4.84 Å². The van der Waals surface area contributed by atoms with Crippen molar-refractivity contribution in [1.29, 1.82) is 0 Å². The van der Waals surface area contributed by atoms with Gasteiger partial charge in [-0.25, -0.2) is 0 Å². The van der Waals surface area contributed by atoms with Crippen molar-refractivity contribution in [3.8, 4) is 0 Å². The Bertz CT molecular complexity index is 184. The molecule has 0 aromatic heterocycles. The molecule has 0 aromatic carbocycles. The zero-order chi connectivity index (χ0) is 8.10. The van der Waals surface area contributed by atoms with Crippen molar-refractivity contribution in [3.05, 3.63) is 25.3 Å². The highest BCUT2D eigenvalue weighted by Gasteiger charge is 2.20. The van der Waals surface area contributed by atoms with Gasteiger partial charge in [0.15, 0.2) is 0 Å². The quantitative estimate of drug-likeness (QED) is 0.564. The Balaban J connectivity index is 2.47. The van der Waals surface area contributed by atoms with Crippen molar-refractivity contribution in [2.75, 3.05) is 6.61 Å². The molecule has 0 saturated carbocycles. The molecule has 60 valence electrons. The molecular formula is C9H13NO. The first-order valence-electron chi connectivity index (χ1n) is 3.79. The second kappa shape index (κ2) is 3.96. The maximum absolute atomic E-state index is 4.97. The van der Waals surface area contributed by atoms with Gasteiger partial charge >= 0.3 is 0 Å². The SMILES string of the molecule is C=CCC1=NOCC1CC=C. The van der Waals surface area contributed by atoms with Gasteiger partial charge in [0.25, 0.3) is 0 Å². The van der Waals surface area contributed by atoms with Gasteiger partial charge < -0.3 is 4.84 Å². The molecule has 0 N–H and O–H groups in total. The largest absolute Gasteiger partial charge is 0.395 e. The zero-order valence-electron chi connectivity index (χ0n) is 6.62. The van der Waals surface area contributed by atoms with Crippen LogP contribution in [-0.2, 0) is 4.84 Å². The first-order valence-corrected chi connectivity index (χ1v) is 3.79. The summed E-state index contributed by atoms with van der Waals surface area (Å²) in [5, 5.41) is 3.92. The van der Waals surface area contributed by atoms with Crippen LogP contribution in [0.3, 0.4) is 0 Å². The van der Waals surface area contributed by atoms with E-state index in [9.17, 15) is 0 Å². The molecule has 0 radical (unpaired) electrons. The summed E-state index contributed by atoms with van der Waals surface area (Å²) in [6.07, 6.45) is 5.53. The fourth-order valence-electron chi connectivity index (χ4n) is 1.14. The van der Waals surface area contributed by atoms with Gasteiger partial charge in [-0.05, 0) is 6.42 Å². The normalized spacial score (nSPS) is 22.2. The van der Waals surface area contributed by atoms with E-state index in [2.05, 4.69) is 18.3 Å². The molecule has 1 aliphatic rings. The fourth-order valence-corrected chi connectivity index (χ4v) is 1.14. The fraction of sp³-hybridized carbons (Fsp3) is 0.444. The Hall–Kier alpha value is -1.05. The Morgan fingerprint density at radius 2 is 2.36 bits per heavy atom. The van der Waals surface area contributed by atoms with Gasteiger partial charge in [-0.3, -0.25) is 0 Å². The van der Waals surface area contributed by atoms with Gasteiger partial charge in [0, 0.05) is 12.3 Å². The summed E-state index contributed by atoms with van der Waals surface area (Å²) in [6.45, 7) is 8.04. The van der Waals surface area contributed by atoms with E-state index in [4.69, 9.17) is 4.84 Å². The molecular weight excluding hydrogens is 138 g/mol. The summed E-state index contributed by atoms with van der Waals surface area (Å²) in [5.41, 5.74) is 1.10. The predicted octanol–water partition coefficient (Wildman–Crippen LogP) is 2.14. The van der Waals surface area contributed by atoms with Crippen molar-refractivity contribution in [3.63, 3.8) is 0 Å². The third-order valence-corrected chi connectivity index (χ3v) is 1.73. The number of hydrogen-bond acceptors (Lipinski definition) is 2. The summed E-state index contributed by atoms with van der Waals surface area (Å²) in [4.78, 5) is 4.97. The van der Waals surface area contributed by atoms with Crippen LogP contribution in [0.2, 0.25) is 0 Å². The van der Waals surface area contributed by atoms with Crippen LogP contribution in [-0.4, -0.2) is 12.3 Å². The average molecular weight is 151 g/mol. The van der Waals surface area contributed by atoms with Crippen molar-refractivity contribution in [2.45, 2.75) is 12.8 Å². The van der Waals surface area contributed by atoms with Crippen LogP contribution in [0.25, 0.3) is 0 Å². The molecule has 0 aromatic rings. The molecule has 0 bridgehead atoms. The lowest BCUT2D eigenvalue weighted by atomic mass is 9.99. The summed E-state index contributed by atoms with van der Waals surface area (Å²) in [7, 11) is 0. The lowest BCUT2D eigenvalue weighted by Crippen LogP contribution is -2.11. The molecule has 0 amide bonds. The first-order chi connectivity index (χ1) is 5.38. The number of allylic oxidation sites excluding steroid dienone is 2. The van der Waals surface area contributed by atoms with Gasteiger partial charge in [0.05, 0.1) is 5.71 Å². The summed E-state index contributed by atoms with van der Waals surface area (Å²) < 4.78 is 0. The Morgan fingerprint density at radius 1 is 1.55 bits per heavy atom. The smallest absolute Gasteiger partial charge is 0.125 e. The second-order valence-electron chi connectivity index (χ2n) is 2.59. The number of rotatable bonds is 4. The Morgan fingerprint density at radius 3 is 3.00 bits per heavy atom. The predicted molar refractivity (Wildman–Crippen MR) is 46.5 cm³/mol. The van der Waals surface area contributed by atoms with E-state index in [0.29, 0.717) is 12.5 Å². The van der Waals surface area contributed by atoms with Gasteiger partial charge in [0.1, 0.15) is 6.61 Å². The molecule has 1 atom stereocenters. The molecule has 0 fully saturated rings. The van der Waals surface area contributed by atoms with Gasteiger partial charge in [-0.1, -0.05) is 17.3 Å². The summed E-state index contributed by atoms with van der Waals surface area (Å²) >= 11 is 0. The molecule has 0 saturated heterocycles. The van der Waals surface area contributed by atoms with E-state index in [1.54, 1.807) is 0 Å². The van der Waals surface area contributed by atoms with E-state index in [-0.39, 0.29) is 0 Å². The van der Waals surface area contributed by atoms with Crippen LogP contribution in [0.15, 0.2) is 30.5 Å². The topological polar surface area (TPSA) is 21.6 Å².